The number of carbonyl (C=O) groups is 2. The van der Waals surface area contributed by atoms with Gasteiger partial charge in [0.2, 0.25) is 0 Å². The Hall–Kier alpha value is -0.480. The van der Waals surface area contributed by atoms with Crippen molar-refractivity contribution < 1.29 is 9.59 Å². The van der Waals surface area contributed by atoms with E-state index in [2.05, 4.69) is 31.9 Å². The Labute approximate surface area is 105 Å². The number of aldehydes is 1. The number of ketones is 1. The van der Waals surface area contributed by atoms with E-state index in [4.69, 9.17) is 0 Å². The van der Waals surface area contributed by atoms with Gasteiger partial charge in [0.15, 0.2) is 5.78 Å². The van der Waals surface area contributed by atoms with Gasteiger partial charge in [0.25, 0.3) is 0 Å². The first-order valence-electron chi connectivity index (χ1n) is 4.43. The van der Waals surface area contributed by atoms with Crippen LogP contribution in [0.5, 0.6) is 0 Å². The molecule has 0 amide bonds. The van der Waals surface area contributed by atoms with Crippen LogP contribution >= 0.6 is 31.9 Å². The maximum Gasteiger partial charge on any atom is 0.173 e. The number of rotatable bonds is 5. The second-order valence-electron chi connectivity index (χ2n) is 3.08. The van der Waals surface area contributed by atoms with Gasteiger partial charge in [0.05, 0.1) is 5.33 Å². The van der Waals surface area contributed by atoms with Crippen LogP contribution in [-0.4, -0.2) is 22.7 Å². The molecular weight excluding hydrogens is 324 g/mol. The number of halogens is 2. The summed E-state index contributed by atoms with van der Waals surface area (Å²) in [7, 11) is 0. The summed E-state index contributed by atoms with van der Waals surface area (Å²) in [5, 5.41) is 0.921. The first-order valence-corrected chi connectivity index (χ1v) is 6.67. The molecule has 4 heteroatoms. The van der Waals surface area contributed by atoms with E-state index in [1.165, 1.54) is 0 Å². The van der Waals surface area contributed by atoms with Crippen molar-refractivity contribution in [3.05, 3.63) is 35.4 Å². The molecule has 1 aromatic carbocycles. The van der Waals surface area contributed by atoms with Crippen molar-refractivity contribution in [1.82, 2.24) is 0 Å². The Morgan fingerprint density at radius 3 is 2.27 bits per heavy atom. The topological polar surface area (TPSA) is 34.1 Å². The zero-order valence-corrected chi connectivity index (χ0v) is 11.1. The van der Waals surface area contributed by atoms with Crippen LogP contribution in [0.2, 0.25) is 0 Å². The SMILES string of the molecule is O=CC(CBr)c1ccc(C(=O)CBr)cc1. The number of carbonyl (C=O) groups excluding carboxylic acids is 2. The summed E-state index contributed by atoms with van der Waals surface area (Å²) in [5.41, 5.74) is 1.59. The lowest BCUT2D eigenvalue weighted by Crippen LogP contribution is -2.03. The van der Waals surface area contributed by atoms with Crippen LogP contribution in [0.25, 0.3) is 0 Å². The number of hydrogen-bond donors (Lipinski definition) is 0. The average Bonchev–Trinajstić information content (AvgIpc) is 2.30. The number of hydrogen-bond acceptors (Lipinski definition) is 2. The molecule has 2 nitrogen and oxygen atoms in total. The molecular formula is C11H10Br2O2. The van der Waals surface area contributed by atoms with Crippen molar-refractivity contribution in [1.29, 1.82) is 0 Å². The fourth-order valence-corrected chi connectivity index (χ4v) is 2.05. The molecule has 0 aliphatic rings. The molecule has 1 unspecified atom stereocenters. The molecule has 1 atom stereocenters. The third-order valence-electron chi connectivity index (χ3n) is 2.11. The molecule has 0 aliphatic carbocycles. The molecule has 1 aromatic rings. The Morgan fingerprint density at radius 2 is 1.87 bits per heavy atom. The zero-order chi connectivity index (χ0) is 11.3. The monoisotopic (exact) mass is 332 g/mol. The Morgan fingerprint density at radius 1 is 1.27 bits per heavy atom. The fraction of sp³-hybridized carbons (Fsp3) is 0.273. The average molecular weight is 334 g/mol. The Kier molecular flexibility index (Phi) is 5.19. The van der Waals surface area contributed by atoms with Gasteiger partial charge in [-0.1, -0.05) is 56.1 Å². The summed E-state index contributed by atoms with van der Waals surface area (Å²) < 4.78 is 0. The van der Waals surface area contributed by atoms with E-state index in [0.29, 0.717) is 16.2 Å². The molecule has 0 heterocycles. The van der Waals surface area contributed by atoms with Crippen LogP contribution in [0.4, 0.5) is 0 Å². The second-order valence-corrected chi connectivity index (χ2v) is 4.28. The van der Waals surface area contributed by atoms with E-state index >= 15 is 0 Å². The summed E-state index contributed by atoms with van der Waals surface area (Å²) >= 11 is 6.38. The minimum atomic E-state index is -0.141. The molecule has 0 saturated heterocycles. The number of benzene rings is 1. The first kappa shape index (κ1) is 12.6. The lowest BCUT2D eigenvalue weighted by Gasteiger charge is -2.06. The highest BCUT2D eigenvalue weighted by Crippen LogP contribution is 2.17. The Bertz CT molecular complexity index is 346. The third kappa shape index (κ3) is 3.24. The molecule has 0 bridgehead atoms. The van der Waals surface area contributed by atoms with Crippen LogP contribution in [0.1, 0.15) is 21.8 Å². The molecule has 0 spiro atoms. The predicted octanol–water partition coefficient (Wildman–Crippen LogP) is 2.94. The van der Waals surface area contributed by atoms with Crippen LogP contribution in [0.15, 0.2) is 24.3 Å². The molecule has 80 valence electrons. The third-order valence-corrected chi connectivity index (χ3v) is 3.32. The molecule has 0 radical (unpaired) electrons. The number of Topliss-reactive ketones (excluding diaryl/α,β-unsaturated/α-hetero) is 1. The highest BCUT2D eigenvalue weighted by molar-refractivity contribution is 9.09. The molecule has 1 rings (SSSR count). The lowest BCUT2D eigenvalue weighted by atomic mass is 10.0. The maximum atomic E-state index is 11.3. The summed E-state index contributed by atoms with van der Waals surface area (Å²) in [6.45, 7) is 0. The van der Waals surface area contributed by atoms with E-state index in [1.807, 2.05) is 12.1 Å². The van der Waals surface area contributed by atoms with Gasteiger partial charge in [-0.2, -0.15) is 0 Å². The summed E-state index contributed by atoms with van der Waals surface area (Å²) in [5.74, 6) is -0.0961. The quantitative estimate of drug-likeness (QED) is 0.471. The van der Waals surface area contributed by atoms with Crippen molar-refractivity contribution in [3.8, 4) is 0 Å². The van der Waals surface area contributed by atoms with Gasteiger partial charge in [0, 0.05) is 16.8 Å². The van der Waals surface area contributed by atoms with Crippen molar-refractivity contribution in [3.63, 3.8) is 0 Å². The normalized spacial score (nSPS) is 12.1. The van der Waals surface area contributed by atoms with Crippen molar-refractivity contribution >= 4 is 43.9 Å². The zero-order valence-electron chi connectivity index (χ0n) is 7.95. The standard InChI is InChI=1S/C11H10Br2O2/c12-5-10(7-14)8-1-3-9(4-2-8)11(15)6-13/h1-4,7,10H,5-6H2. The molecule has 0 fully saturated rings. The molecule has 0 aliphatic heterocycles. The summed E-state index contributed by atoms with van der Waals surface area (Å²) in [6.07, 6.45) is 0.899. The summed E-state index contributed by atoms with van der Waals surface area (Å²) in [6, 6.07) is 7.13. The van der Waals surface area contributed by atoms with E-state index in [0.717, 1.165) is 11.8 Å². The second kappa shape index (κ2) is 6.18. The first-order chi connectivity index (χ1) is 7.22. The van der Waals surface area contributed by atoms with Crippen LogP contribution in [0.3, 0.4) is 0 Å². The highest BCUT2D eigenvalue weighted by Gasteiger charge is 2.09. The fourth-order valence-electron chi connectivity index (χ4n) is 1.20. The van der Waals surface area contributed by atoms with Gasteiger partial charge >= 0.3 is 0 Å². The molecule has 15 heavy (non-hydrogen) atoms. The van der Waals surface area contributed by atoms with E-state index < -0.39 is 0 Å². The minimum Gasteiger partial charge on any atom is -0.303 e. The molecule has 0 saturated carbocycles. The van der Waals surface area contributed by atoms with Crippen molar-refractivity contribution in [2.75, 3.05) is 10.7 Å². The largest absolute Gasteiger partial charge is 0.303 e. The van der Waals surface area contributed by atoms with Crippen molar-refractivity contribution in [2.45, 2.75) is 5.92 Å². The van der Waals surface area contributed by atoms with Crippen LogP contribution < -0.4 is 0 Å². The maximum absolute atomic E-state index is 11.3. The summed E-state index contributed by atoms with van der Waals surface area (Å²) in [4.78, 5) is 22.0. The highest BCUT2D eigenvalue weighted by atomic mass is 79.9. The van der Waals surface area contributed by atoms with Gasteiger partial charge in [-0.3, -0.25) is 4.79 Å². The van der Waals surface area contributed by atoms with E-state index in [1.54, 1.807) is 12.1 Å². The van der Waals surface area contributed by atoms with Crippen LogP contribution in [-0.2, 0) is 4.79 Å². The van der Waals surface area contributed by atoms with Gasteiger partial charge in [-0.15, -0.1) is 0 Å². The van der Waals surface area contributed by atoms with Gasteiger partial charge in [0.1, 0.15) is 6.29 Å². The molecule has 0 N–H and O–H groups in total. The predicted molar refractivity (Wildman–Crippen MR) is 67.2 cm³/mol. The Balaban J connectivity index is 2.89. The van der Waals surface area contributed by atoms with E-state index in [-0.39, 0.29) is 11.7 Å². The van der Waals surface area contributed by atoms with E-state index in [9.17, 15) is 9.59 Å². The van der Waals surface area contributed by atoms with Gasteiger partial charge < -0.3 is 4.79 Å². The van der Waals surface area contributed by atoms with Gasteiger partial charge in [-0.05, 0) is 5.56 Å². The molecule has 0 aromatic heterocycles. The number of alkyl halides is 2. The lowest BCUT2D eigenvalue weighted by molar-refractivity contribution is -0.108. The van der Waals surface area contributed by atoms with Crippen molar-refractivity contribution in [2.24, 2.45) is 0 Å². The van der Waals surface area contributed by atoms with Gasteiger partial charge in [-0.25, -0.2) is 0 Å². The smallest absolute Gasteiger partial charge is 0.173 e. The van der Waals surface area contributed by atoms with Crippen LogP contribution in [0, 0.1) is 0 Å². The minimum absolute atomic E-state index is 0.0445.